The molecule has 0 N–H and O–H groups in total. The van der Waals surface area contributed by atoms with Gasteiger partial charge in [-0.15, -0.1) is 0 Å². The Morgan fingerprint density at radius 2 is 2.17 bits per heavy atom. The van der Waals surface area contributed by atoms with Gasteiger partial charge in [0.15, 0.2) is 5.60 Å². The van der Waals surface area contributed by atoms with Crippen molar-refractivity contribution in [3.8, 4) is 0 Å². The Morgan fingerprint density at radius 1 is 1.30 bits per heavy atom. The van der Waals surface area contributed by atoms with Gasteiger partial charge in [0, 0.05) is 24.5 Å². The van der Waals surface area contributed by atoms with Crippen molar-refractivity contribution in [1.29, 1.82) is 0 Å². The lowest BCUT2D eigenvalue weighted by molar-refractivity contribution is -0.139. The SMILES string of the molecule is O=C1OC2(CCCN(C(=O)Cn3cccn3)C2)c2ccccc21. The molecule has 118 valence electrons. The number of benzene rings is 1. The number of hydrogen-bond acceptors (Lipinski definition) is 4. The molecule has 6 nitrogen and oxygen atoms in total. The Hall–Kier alpha value is -2.63. The minimum atomic E-state index is -0.689. The molecule has 1 amide bonds. The van der Waals surface area contributed by atoms with Gasteiger partial charge in [0.05, 0.1) is 12.1 Å². The van der Waals surface area contributed by atoms with E-state index in [1.165, 1.54) is 0 Å². The Morgan fingerprint density at radius 3 is 3.00 bits per heavy atom. The summed E-state index contributed by atoms with van der Waals surface area (Å²) in [4.78, 5) is 26.4. The first kappa shape index (κ1) is 14.0. The summed E-state index contributed by atoms with van der Waals surface area (Å²) in [6.45, 7) is 1.30. The van der Waals surface area contributed by atoms with Gasteiger partial charge in [-0.05, 0) is 25.0 Å². The molecule has 4 rings (SSSR count). The average Bonchev–Trinajstić information content (AvgIpc) is 3.16. The molecular weight excluding hydrogens is 294 g/mol. The van der Waals surface area contributed by atoms with Gasteiger partial charge in [0.1, 0.15) is 6.54 Å². The third-order valence-corrected chi connectivity index (χ3v) is 4.59. The summed E-state index contributed by atoms with van der Waals surface area (Å²) in [5, 5.41) is 4.07. The molecule has 0 aliphatic carbocycles. The van der Waals surface area contributed by atoms with Crippen molar-refractivity contribution in [2.24, 2.45) is 0 Å². The zero-order valence-electron chi connectivity index (χ0n) is 12.6. The number of likely N-dealkylation sites (tertiary alicyclic amines) is 1. The van der Waals surface area contributed by atoms with Crippen molar-refractivity contribution in [1.82, 2.24) is 14.7 Å². The van der Waals surface area contributed by atoms with E-state index in [0.29, 0.717) is 18.7 Å². The molecule has 23 heavy (non-hydrogen) atoms. The van der Waals surface area contributed by atoms with Gasteiger partial charge in [-0.3, -0.25) is 9.48 Å². The second kappa shape index (κ2) is 5.22. The quantitative estimate of drug-likeness (QED) is 0.790. The van der Waals surface area contributed by atoms with E-state index < -0.39 is 5.60 Å². The smallest absolute Gasteiger partial charge is 0.339 e. The van der Waals surface area contributed by atoms with Crippen LogP contribution in [0, 0.1) is 0 Å². The van der Waals surface area contributed by atoms with E-state index in [9.17, 15) is 9.59 Å². The molecule has 1 aromatic heterocycles. The number of rotatable bonds is 2. The number of fused-ring (bicyclic) bond motifs is 2. The Kier molecular flexibility index (Phi) is 3.18. The summed E-state index contributed by atoms with van der Waals surface area (Å²) in [6, 6.07) is 9.26. The van der Waals surface area contributed by atoms with Crippen LogP contribution in [-0.4, -0.2) is 39.6 Å². The predicted octanol–water partition coefficient (Wildman–Crippen LogP) is 1.57. The van der Waals surface area contributed by atoms with Crippen LogP contribution in [0.3, 0.4) is 0 Å². The van der Waals surface area contributed by atoms with Gasteiger partial charge in [-0.25, -0.2) is 4.79 Å². The second-order valence-corrected chi connectivity index (χ2v) is 6.05. The summed E-state index contributed by atoms with van der Waals surface area (Å²) >= 11 is 0. The Bertz CT molecular complexity index is 756. The summed E-state index contributed by atoms with van der Waals surface area (Å²) in [7, 11) is 0. The van der Waals surface area contributed by atoms with E-state index >= 15 is 0 Å². The zero-order valence-corrected chi connectivity index (χ0v) is 12.6. The van der Waals surface area contributed by atoms with Crippen LogP contribution in [-0.2, 0) is 21.7 Å². The summed E-state index contributed by atoms with van der Waals surface area (Å²) in [5.74, 6) is -0.296. The van der Waals surface area contributed by atoms with E-state index in [-0.39, 0.29) is 18.4 Å². The lowest BCUT2D eigenvalue weighted by atomic mass is 9.85. The highest BCUT2D eigenvalue weighted by molar-refractivity contribution is 5.95. The molecule has 2 aliphatic rings. The molecule has 2 aliphatic heterocycles. The fourth-order valence-corrected chi connectivity index (χ4v) is 3.52. The standard InChI is InChI=1S/C17H17N3O3/c21-15(11-20-10-4-8-18-20)19-9-3-7-17(12-19)14-6-2-1-5-13(14)16(22)23-17/h1-2,4-6,8,10H,3,7,9,11-12H2. The number of carbonyl (C=O) groups excluding carboxylic acids is 2. The molecule has 0 saturated carbocycles. The molecule has 1 spiro atoms. The summed E-state index contributed by atoms with van der Waals surface area (Å²) in [6.07, 6.45) is 4.98. The first-order valence-electron chi connectivity index (χ1n) is 7.76. The Balaban J connectivity index is 1.58. The zero-order chi connectivity index (χ0) is 15.9. The van der Waals surface area contributed by atoms with Crippen molar-refractivity contribution < 1.29 is 14.3 Å². The maximum atomic E-state index is 12.5. The van der Waals surface area contributed by atoms with Gasteiger partial charge in [0.25, 0.3) is 0 Å². The van der Waals surface area contributed by atoms with Crippen LogP contribution in [0.2, 0.25) is 0 Å². The van der Waals surface area contributed by atoms with Crippen molar-refractivity contribution in [3.63, 3.8) is 0 Å². The molecule has 2 aromatic rings. The van der Waals surface area contributed by atoms with Gasteiger partial charge in [0.2, 0.25) is 5.91 Å². The molecule has 1 fully saturated rings. The maximum Gasteiger partial charge on any atom is 0.339 e. The normalized spacial score (nSPS) is 23.0. The Labute approximate surface area is 133 Å². The van der Waals surface area contributed by atoms with Gasteiger partial charge in [-0.2, -0.15) is 5.10 Å². The van der Waals surface area contributed by atoms with Crippen LogP contribution in [0.5, 0.6) is 0 Å². The predicted molar refractivity (Wildman–Crippen MR) is 81.6 cm³/mol. The third kappa shape index (κ3) is 2.30. The minimum Gasteiger partial charge on any atom is -0.449 e. The molecule has 1 saturated heterocycles. The topological polar surface area (TPSA) is 64.4 Å². The first-order chi connectivity index (χ1) is 11.2. The van der Waals surface area contributed by atoms with Gasteiger partial charge in [-0.1, -0.05) is 18.2 Å². The van der Waals surface area contributed by atoms with Crippen LogP contribution in [0.1, 0.15) is 28.8 Å². The minimum absolute atomic E-state index is 0.00629. The number of ether oxygens (including phenoxy) is 1. The highest BCUT2D eigenvalue weighted by Gasteiger charge is 2.48. The second-order valence-electron chi connectivity index (χ2n) is 6.05. The number of esters is 1. The number of piperidine rings is 1. The largest absolute Gasteiger partial charge is 0.449 e. The van der Waals surface area contributed by atoms with Crippen molar-refractivity contribution in [2.45, 2.75) is 25.0 Å². The van der Waals surface area contributed by atoms with E-state index in [1.54, 1.807) is 34.1 Å². The first-order valence-corrected chi connectivity index (χ1v) is 7.76. The summed E-state index contributed by atoms with van der Waals surface area (Å²) in [5.41, 5.74) is 0.835. The highest BCUT2D eigenvalue weighted by atomic mass is 16.6. The van der Waals surface area contributed by atoms with Crippen molar-refractivity contribution >= 4 is 11.9 Å². The number of carbonyl (C=O) groups is 2. The lowest BCUT2D eigenvalue weighted by Gasteiger charge is -2.39. The molecular formula is C17H17N3O3. The fraction of sp³-hybridized carbons (Fsp3) is 0.353. The molecule has 1 unspecified atom stereocenters. The fourth-order valence-electron chi connectivity index (χ4n) is 3.52. The molecule has 6 heteroatoms. The van der Waals surface area contributed by atoms with Crippen molar-refractivity contribution in [2.75, 3.05) is 13.1 Å². The number of aromatic nitrogens is 2. The number of hydrogen-bond donors (Lipinski definition) is 0. The van der Waals surface area contributed by atoms with E-state index in [2.05, 4.69) is 5.10 Å². The van der Waals surface area contributed by atoms with Crippen LogP contribution in [0.25, 0.3) is 0 Å². The van der Waals surface area contributed by atoms with Gasteiger partial charge >= 0.3 is 5.97 Å². The molecule has 1 aromatic carbocycles. The van der Waals surface area contributed by atoms with E-state index in [0.717, 1.165) is 18.4 Å². The van der Waals surface area contributed by atoms with Gasteiger partial charge < -0.3 is 9.64 Å². The molecule has 1 atom stereocenters. The number of nitrogens with zero attached hydrogens (tertiary/aromatic N) is 3. The van der Waals surface area contributed by atoms with Crippen LogP contribution < -0.4 is 0 Å². The maximum absolute atomic E-state index is 12.5. The van der Waals surface area contributed by atoms with Crippen molar-refractivity contribution in [3.05, 3.63) is 53.9 Å². The highest BCUT2D eigenvalue weighted by Crippen LogP contribution is 2.42. The van der Waals surface area contributed by atoms with Crippen LogP contribution >= 0.6 is 0 Å². The summed E-state index contributed by atoms with van der Waals surface area (Å²) < 4.78 is 7.33. The average molecular weight is 311 g/mol. The lowest BCUT2D eigenvalue weighted by Crippen LogP contribution is -2.49. The molecule has 0 bridgehead atoms. The third-order valence-electron chi connectivity index (χ3n) is 4.59. The molecule has 3 heterocycles. The van der Waals surface area contributed by atoms with E-state index in [1.807, 2.05) is 18.2 Å². The number of amides is 1. The van der Waals surface area contributed by atoms with Crippen LogP contribution in [0.15, 0.2) is 42.7 Å². The van der Waals surface area contributed by atoms with Crippen LogP contribution in [0.4, 0.5) is 0 Å². The molecule has 0 radical (unpaired) electrons. The monoisotopic (exact) mass is 311 g/mol. The van der Waals surface area contributed by atoms with E-state index in [4.69, 9.17) is 4.74 Å².